The minimum atomic E-state index is 0.658. The zero-order valence-electron chi connectivity index (χ0n) is 11.6. The van der Waals surface area contributed by atoms with Crippen molar-refractivity contribution < 1.29 is 0 Å². The number of hydrogen-bond acceptors (Lipinski definition) is 5. The molecule has 0 radical (unpaired) electrons. The molecular formula is C14H19N5. The van der Waals surface area contributed by atoms with Crippen molar-refractivity contribution in [2.45, 2.75) is 26.8 Å². The normalized spacial score (nSPS) is 10.3. The van der Waals surface area contributed by atoms with Gasteiger partial charge in [0.1, 0.15) is 17.5 Å². The van der Waals surface area contributed by atoms with Gasteiger partial charge in [-0.1, -0.05) is 13.0 Å². The lowest BCUT2D eigenvalue weighted by atomic mass is 10.2. The fourth-order valence-corrected chi connectivity index (χ4v) is 1.81. The van der Waals surface area contributed by atoms with E-state index in [0.717, 1.165) is 35.1 Å². The van der Waals surface area contributed by atoms with Crippen LogP contribution in [0.2, 0.25) is 0 Å². The topological polar surface area (TPSA) is 62.7 Å². The maximum absolute atomic E-state index is 4.52. The van der Waals surface area contributed by atoms with Gasteiger partial charge in [0.15, 0.2) is 0 Å². The van der Waals surface area contributed by atoms with Crippen LogP contribution in [-0.4, -0.2) is 22.0 Å². The molecule has 5 nitrogen and oxygen atoms in total. The Kier molecular flexibility index (Phi) is 4.28. The van der Waals surface area contributed by atoms with E-state index in [1.807, 2.05) is 39.1 Å². The summed E-state index contributed by atoms with van der Waals surface area (Å²) in [6, 6.07) is 5.88. The monoisotopic (exact) mass is 257 g/mol. The number of aromatic nitrogens is 3. The Labute approximate surface area is 113 Å². The third-order valence-electron chi connectivity index (χ3n) is 2.91. The Balaban J connectivity index is 2.19. The second-order valence-electron chi connectivity index (χ2n) is 4.24. The van der Waals surface area contributed by atoms with Crippen LogP contribution in [-0.2, 0) is 13.0 Å². The Bertz CT molecular complexity index is 539. The highest BCUT2D eigenvalue weighted by Crippen LogP contribution is 2.20. The van der Waals surface area contributed by atoms with E-state index in [1.54, 1.807) is 6.20 Å². The Hall–Kier alpha value is -2.17. The molecule has 0 fully saturated rings. The predicted molar refractivity (Wildman–Crippen MR) is 77.3 cm³/mol. The SMILES string of the molecule is CCc1nc(NC)c(C)c(NCc2ccccn2)n1. The van der Waals surface area contributed by atoms with E-state index in [2.05, 4.69) is 25.6 Å². The predicted octanol–water partition coefficient (Wildman–Crippen LogP) is 2.40. The van der Waals surface area contributed by atoms with E-state index in [-0.39, 0.29) is 0 Å². The molecule has 0 aliphatic rings. The molecule has 0 atom stereocenters. The number of pyridine rings is 1. The fraction of sp³-hybridized carbons (Fsp3) is 0.357. The summed E-state index contributed by atoms with van der Waals surface area (Å²) in [5.74, 6) is 2.57. The molecule has 2 aromatic heterocycles. The van der Waals surface area contributed by atoms with Crippen LogP contribution < -0.4 is 10.6 Å². The van der Waals surface area contributed by atoms with Crippen LogP contribution >= 0.6 is 0 Å². The van der Waals surface area contributed by atoms with Crippen molar-refractivity contribution in [2.24, 2.45) is 0 Å². The molecule has 0 saturated heterocycles. The number of nitrogens with zero attached hydrogens (tertiary/aromatic N) is 3. The first-order chi connectivity index (χ1) is 9.24. The molecule has 0 saturated carbocycles. The summed E-state index contributed by atoms with van der Waals surface area (Å²) in [5, 5.41) is 6.43. The van der Waals surface area contributed by atoms with Gasteiger partial charge in [0.25, 0.3) is 0 Å². The largest absolute Gasteiger partial charge is 0.373 e. The quantitative estimate of drug-likeness (QED) is 0.861. The van der Waals surface area contributed by atoms with Crippen LogP contribution in [0.4, 0.5) is 11.6 Å². The summed E-state index contributed by atoms with van der Waals surface area (Å²) in [6.45, 7) is 4.71. The molecule has 0 amide bonds. The third-order valence-corrected chi connectivity index (χ3v) is 2.91. The minimum Gasteiger partial charge on any atom is -0.373 e. The average molecular weight is 257 g/mol. The van der Waals surface area contributed by atoms with Crippen molar-refractivity contribution in [1.82, 2.24) is 15.0 Å². The molecule has 0 bridgehead atoms. The molecule has 0 aliphatic heterocycles. The fourth-order valence-electron chi connectivity index (χ4n) is 1.81. The summed E-state index contributed by atoms with van der Waals surface area (Å²) < 4.78 is 0. The maximum Gasteiger partial charge on any atom is 0.135 e. The Morgan fingerprint density at radius 3 is 2.58 bits per heavy atom. The van der Waals surface area contributed by atoms with E-state index in [9.17, 15) is 0 Å². The number of hydrogen-bond donors (Lipinski definition) is 2. The first-order valence-electron chi connectivity index (χ1n) is 6.43. The smallest absolute Gasteiger partial charge is 0.135 e. The van der Waals surface area contributed by atoms with E-state index in [0.29, 0.717) is 6.54 Å². The summed E-state index contributed by atoms with van der Waals surface area (Å²) in [6.07, 6.45) is 2.60. The highest BCUT2D eigenvalue weighted by atomic mass is 15.1. The van der Waals surface area contributed by atoms with Crippen LogP contribution in [0, 0.1) is 6.92 Å². The van der Waals surface area contributed by atoms with Crippen LogP contribution in [0.5, 0.6) is 0 Å². The van der Waals surface area contributed by atoms with E-state index < -0.39 is 0 Å². The van der Waals surface area contributed by atoms with Gasteiger partial charge in [0.05, 0.1) is 12.2 Å². The molecule has 0 aliphatic carbocycles. The van der Waals surface area contributed by atoms with Crippen molar-refractivity contribution in [3.63, 3.8) is 0 Å². The first-order valence-corrected chi connectivity index (χ1v) is 6.43. The Morgan fingerprint density at radius 1 is 1.16 bits per heavy atom. The lowest BCUT2D eigenvalue weighted by molar-refractivity contribution is 0.919. The van der Waals surface area contributed by atoms with Crippen molar-refractivity contribution in [3.8, 4) is 0 Å². The minimum absolute atomic E-state index is 0.658. The molecule has 0 aromatic carbocycles. The zero-order valence-corrected chi connectivity index (χ0v) is 11.6. The summed E-state index contributed by atoms with van der Waals surface area (Å²) in [7, 11) is 1.87. The second kappa shape index (κ2) is 6.13. The van der Waals surface area contributed by atoms with Crippen LogP contribution in [0.1, 0.15) is 24.0 Å². The lowest BCUT2D eigenvalue weighted by Gasteiger charge is -2.13. The second-order valence-corrected chi connectivity index (χ2v) is 4.24. The van der Waals surface area contributed by atoms with Gasteiger partial charge in [-0.2, -0.15) is 0 Å². The van der Waals surface area contributed by atoms with Gasteiger partial charge >= 0.3 is 0 Å². The van der Waals surface area contributed by atoms with E-state index >= 15 is 0 Å². The van der Waals surface area contributed by atoms with Crippen molar-refractivity contribution in [3.05, 3.63) is 41.5 Å². The van der Waals surface area contributed by atoms with Gasteiger partial charge in [-0.25, -0.2) is 9.97 Å². The van der Waals surface area contributed by atoms with Crippen molar-refractivity contribution in [1.29, 1.82) is 0 Å². The zero-order chi connectivity index (χ0) is 13.7. The molecule has 0 unspecified atom stereocenters. The molecular weight excluding hydrogens is 238 g/mol. The van der Waals surface area contributed by atoms with Gasteiger partial charge in [0, 0.05) is 25.2 Å². The average Bonchev–Trinajstić information content (AvgIpc) is 2.47. The third kappa shape index (κ3) is 3.19. The van der Waals surface area contributed by atoms with E-state index in [1.165, 1.54) is 0 Å². The molecule has 2 aromatic rings. The highest BCUT2D eigenvalue weighted by Gasteiger charge is 2.08. The summed E-state index contributed by atoms with van der Waals surface area (Å²) >= 11 is 0. The van der Waals surface area contributed by atoms with Gasteiger partial charge in [-0.3, -0.25) is 4.98 Å². The lowest BCUT2D eigenvalue weighted by Crippen LogP contribution is -2.10. The Morgan fingerprint density at radius 2 is 1.95 bits per heavy atom. The molecule has 100 valence electrons. The summed E-state index contributed by atoms with van der Waals surface area (Å²) in [5.41, 5.74) is 2.01. The molecule has 2 heterocycles. The van der Waals surface area contributed by atoms with E-state index in [4.69, 9.17) is 0 Å². The first kappa shape index (κ1) is 13.3. The van der Waals surface area contributed by atoms with Crippen LogP contribution in [0.15, 0.2) is 24.4 Å². The van der Waals surface area contributed by atoms with Gasteiger partial charge < -0.3 is 10.6 Å². The van der Waals surface area contributed by atoms with Crippen molar-refractivity contribution >= 4 is 11.6 Å². The number of nitrogens with one attached hydrogen (secondary N) is 2. The molecule has 19 heavy (non-hydrogen) atoms. The number of anilines is 2. The summed E-state index contributed by atoms with van der Waals surface area (Å²) in [4.78, 5) is 13.3. The molecule has 2 N–H and O–H groups in total. The highest BCUT2D eigenvalue weighted by molar-refractivity contribution is 5.57. The van der Waals surface area contributed by atoms with Gasteiger partial charge in [0.2, 0.25) is 0 Å². The van der Waals surface area contributed by atoms with Crippen LogP contribution in [0.3, 0.4) is 0 Å². The number of aryl methyl sites for hydroxylation is 1. The molecule has 2 rings (SSSR count). The molecule has 5 heteroatoms. The van der Waals surface area contributed by atoms with Gasteiger partial charge in [-0.15, -0.1) is 0 Å². The molecule has 0 spiro atoms. The number of rotatable bonds is 5. The maximum atomic E-state index is 4.52. The van der Waals surface area contributed by atoms with Gasteiger partial charge in [-0.05, 0) is 19.1 Å². The van der Waals surface area contributed by atoms with Crippen molar-refractivity contribution in [2.75, 3.05) is 17.7 Å². The van der Waals surface area contributed by atoms with Crippen LogP contribution in [0.25, 0.3) is 0 Å². The standard InChI is InChI=1S/C14H19N5/c1-4-12-18-13(15-3)10(2)14(19-12)17-9-11-7-5-6-8-16-11/h5-8H,4,9H2,1-3H3,(H2,15,17,18,19).